The van der Waals surface area contributed by atoms with Crippen LogP contribution >= 0.6 is 0 Å². The first-order chi connectivity index (χ1) is 6.22. The molecule has 0 aromatic carbocycles. The molecule has 0 N–H and O–H groups in total. The Kier molecular flexibility index (Phi) is 1.45. The van der Waals surface area contributed by atoms with Crippen molar-refractivity contribution in [2.75, 3.05) is 6.61 Å². The van der Waals surface area contributed by atoms with Gasteiger partial charge in [-0.05, 0) is 18.4 Å². The third-order valence-electron chi connectivity index (χ3n) is 3.81. The minimum atomic E-state index is -0.213. The molecule has 3 saturated heterocycles. The summed E-state index contributed by atoms with van der Waals surface area (Å²) in [6, 6.07) is 0. The van der Waals surface area contributed by atoms with Crippen molar-refractivity contribution in [2.45, 2.75) is 37.0 Å². The van der Waals surface area contributed by atoms with Crippen LogP contribution in [0.2, 0.25) is 5.54 Å². The van der Waals surface area contributed by atoms with Crippen LogP contribution in [0.25, 0.3) is 0 Å². The Labute approximate surface area is 80.2 Å². The number of carbonyl (C=O) groups excluding carboxylic acids is 1. The van der Waals surface area contributed by atoms with E-state index in [1.54, 1.807) is 0 Å². The molecule has 2 bridgehead atoms. The van der Waals surface area contributed by atoms with E-state index in [2.05, 4.69) is 0 Å². The average Bonchev–Trinajstić information content (AvgIpc) is 2.69. The Balaban J connectivity index is 1.97. The Morgan fingerprint density at radius 2 is 2.38 bits per heavy atom. The fraction of sp³-hybridized carbons (Fsp3) is 0.889. The second kappa shape index (κ2) is 2.36. The van der Waals surface area contributed by atoms with Gasteiger partial charge in [0.05, 0.1) is 24.2 Å². The normalized spacial score (nSPS) is 53.5. The van der Waals surface area contributed by atoms with Gasteiger partial charge in [0.2, 0.25) is 0 Å². The largest absolute Gasteiger partial charge is 0.465 e. The zero-order valence-electron chi connectivity index (χ0n) is 7.79. The van der Waals surface area contributed by atoms with Crippen molar-refractivity contribution in [2.24, 2.45) is 5.41 Å². The van der Waals surface area contributed by atoms with E-state index in [0.29, 0.717) is 18.3 Å². The van der Waals surface area contributed by atoms with Crippen molar-refractivity contribution in [3.05, 3.63) is 0 Å². The topological polar surface area (TPSA) is 35.5 Å². The van der Waals surface area contributed by atoms with Gasteiger partial charge in [0.1, 0.15) is 0 Å². The van der Waals surface area contributed by atoms with Crippen LogP contribution in [0.5, 0.6) is 0 Å². The molecule has 13 heavy (non-hydrogen) atoms. The van der Waals surface area contributed by atoms with Crippen LogP contribution in [0.15, 0.2) is 0 Å². The second-order valence-electron chi connectivity index (χ2n) is 4.64. The molecule has 0 aromatic rings. The third kappa shape index (κ3) is 0.853. The summed E-state index contributed by atoms with van der Waals surface area (Å²) in [5, 5.41) is 0. The molecule has 4 unspecified atom stereocenters. The highest BCUT2D eigenvalue weighted by Crippen LogP contribution is 2.56. The summed E-state index contributed by atoms with van der Waals surface area (Å²) in [7, 11) is 1.14. The van der Waals surface area contributed by atoms with Crippen LogP contribution in [0.4, 0.5) is 0 Å². The first-order valence-corrected chi connectivity index (χ1v) is 6.20. The third-order valence-corrected chi connectivity index (χ3v) is 4.89. The fourth-order valence-corrected chi connectivity index (χ4v) is 4.60. The van der Waals surface area contributed by atoms with Crippen molar-refractivity contribution in [1.29, 1.82) is 0 Å². The molecule has 1 spiro atoms. The van der Waals surface area contributed by atoms with Gasteiger partial charge in [0, 0.05) is 16.7 Å². The van der Waals surface area contributed by atoms with Crippen LogP contribution in [-0.2, 0) is 14.3 Å². The number of cyclic esters (lactones) is 1. The molecular formula is C9H14O3Si. The molecule has 0 radical (unpaired) electrons. The smallest absolute Gasteiger partial charge is 0.314 e. The quantitative estimate of drug-likeness (QED) is 0.394. The Bertz CT molecular complexity index is 268. The maximum absolute atomic E-state index is 11.6. The van der Waals surface area contributed by atoms with E-state index < -0.39 is 0 Å². The molecule has 3 nitrogen and oxygen atoms in total. The van der Waals surface area contributed by atoms with E-state index in [-0.39, 0.29) is 17.5 Å². The lowest BCUT2D eigenvalue weighted by Gasteiger charge is -2.30. The highest BCUT2D eigenvalue weighted by molar-refractivity contribution is 6.12. The van der Waals surface area contributed by atoms with Crippen LogP contribution in [0.3, 0.4) is 0 Å². The average molecular weight is 198 g/mol. The summed E-state index contributed by atoms with van der Waals surface area (Å²) in [6.07, 6.45) is 3.57. The van der Waals surface area contributed by atoms with Gasteiger partial charge in [-0.1, -0.05) is 0 Å². The Morgan fingerprint density at radius 1 is 1.54 bits per heavy atom. The van der Waals surface area contributed by atoms with Crippen molar-refractivity contribution < 1.29 is 14.3 Å². The van der Waals surface area contributed by atoms with Crippen molar-refractivity contribution in [1.82, 2.24) is 0 Å². The fourth-order valence-electron chi connectivity index (χ4n) is 3.28. The maximum Gasteiger partial charge on any atom is 0.314 e. The zero-order valence-corrected chi connectivity index (χ0v) is 9.79. The molecule has 3 aliphatic rings. The van der Waals surface area contributed by atoms with Gasteiger partial charge in [-0.15, -0.1) is 0 Å². The first kappa shape index (κ1) is 8.00. The predicted molar refractivity (Wildman–Crippen MR) is 49.6 cm³/mol. The van der Waals surface area contributed by atoms with Crippen LogP contribution in [-0.4, -0.2) is 35.0 Å². The zero-order chi connectivity index (χ0) is 9.05. The molecule has 0 saturated carbocycles. The van der Waals surface area contributed by atoms with E-state index in [1.165, 1.54) is 6.42 Å². The van der Waals surface area contributed by atoms with E-state index >= 15 is 0 Å². The summed E-state index contributed by atoms with van der Waals surface area (Å²) in [5.74, 6) is 0.0144. The van der Waals surface area contributed by atoms with Gasteiger partial charge >= 0.3 is 5.97 Å². The molecule has 4 heteroatoms. The van der Waals surface area contributed by atoms with E-state index in [9.17, 15) is 4.79 Å². The first-order valence-electron chi connectivity index (χ1n) is 5.05. The predicted octanol–water partition coefficient (Wildman–Crippen LogP) is -0.365. The van der Waals surface area contributed by atoms with Crippen LogP contribution in [0, 0.1) is 5.41 Å². The second-order valence-corrected chi connectivity index (χ2v) is 6.12. The number of esters is 1. The van der Waals surface area contributed by atoms with Gasteiger partial charge in [0.25, 0.3) is 0 Å². The summed E-state index contributed by atoms with van der Waals surface area (Å²) < 4.78 is 10.9. The number of carbonyl (C=O) groups is 1. The van der Waals surface area contributed by atoms with Gasteiger partial charge in [-0.25, -0.2) is 0 Å². The van der Waals surface area contributed by atoms with Gasteiger partial charge in [-0.2, -0.15) is 0 Å². The molecule has 3 fully saturated rings. The Hall–Kier alpha value is -0.353. The standard InChI is InChI=1S/C9H14O3Si/c10-8-9(1-2-11-8)4-5-3-6(13)7(9)12-5/h5-7H,1-4H2,13H3. The molecule has 3 heterocycles. The highest BCUT2D eigenvalue weighted by atomic mass is 28.1. The summed E-state index contributed by atoms with van der Waals surface area (Å²) in [5.41, 5.74) is 0.458. The summed E-state index contributed by atoms with van der Waals surface area (Å²) in [4.78, 5) is 11.6. The van der Waals surface area contributed by atoms with Gasteiger partial charge in [-0.3, -0.25) is 4.79 Å². The van der Waals surface area contributed by atoms with E-state index in [4.69, 9.17) is 9.47 Å². The molecule has 0 aliphatic carbocycles. The molecule has 4 atom stereocenters. The minimum Gasteiger partial charge on any atom is -0.465 e. The minimum absolute atomic E-state index is 0.0144. The van der Waals surface area contributed by atoms with Crippen molar-refractivity contribution in [3.8, 4) is 0 Å². The van der Waals surface area contributed by atoms with Crippen LogP contribution in [0.1, 0.15) is 19.3 Å². The lowest BCUT2D eigenvalue weighted by atomic mass is 9.73. The lowest BCUT2D eigenvalue weighted by Crippen LogP contribution is -2.39. The molecule has 0 amide bonds. The molecule has 3 aliphatic heterocycles. The number of ether oxygens (including phenoxy) is 2. The molecular weight excluding hydrogens is 184 g/mol. The van der Waals surface area contributed by atoms with Crippen molar-refractivity contribution >= 4 is 16.2 Å². The monoisotopic (exact) mass is 198 g/mol. The Morgan fingerprint density at radius 3 is 2.92 bits per heavy atom. The lowest BCUT2D eigenvalue weighted by molar-refractivity contribution is -0.148. The summed E-state index contributed by atoms with van der Waals surface area (Å²) in [6.45, 7) is 0.611. The van der Waals surface area contributed by atoms with Crippen molar-refractivity contribution in [3.63, 3.8) is 0 Å². The molecule has 3 rings (SSSR count). The number of rotatable bonds is 0. The van der Waals surface area contributed by atoms with Crippen LogP contribution < -0.4 is 0 Å². The van der Waals surface area contributed by atoms with E-state index in [0.717, 1.165) is 23.1 Å². The highest BCUT2D eigenvalue weighted by Gasteiger charge is 2.62. The maximum atomic E-state index is 11.6. The molecule has 0 aromatic heterocycles. The molecule has 72 valence electrons. The summed E-state index contributed by atoms with van der Waals surface area (Å²) >= 11 is 0. The van der Waals surface area contributed by atoms with E-state index in [1.807, 2.05) is 0 Å². The SMILES string of the molecule is O=C1OCCC12CC1CC([SiH3])C2O1. The number of fused-ring (bicyclic) bond motifs is 3. The number of hydrogen-bond acceptors (Lipinski definition) is 3. The van der Waals surface area contributed by atoms with Gasteiger partial charge < -0.3 is 9.47 Å². The number of hydrogen-bond donors (Lipinski definition) is 0. The van der Waals surface area contributed by atoms with Gasteiger partial charge in [0.15, 0.2) is 0 Å².